The molecule has 0 bridgehead atoms. The number of morpholine rings is 1. The summed E-state index contributed by atoms with van der Waals surface area (Å²) in [5, 5.41) is 4.22. The number of anilines is 2. The van der Waals surface area contributed by atoms with Gasteiger partial charge in [0.05, 0.1) is 32.1 Å². The van der Waals surface area contributed by atoms with Gasteiger partial charge in [-0.3, -0.25) is 19.3 Å². The van der Waals surface area contributed by atoms with Gasteiger partial charge in [0, 0.05) is 24.3 Å². The number of amides is 2. The first-order chi connectivity index (χ1) is 17.1. The van der Waals surface area contributed by atoms with Crippen LogP contribution in [0, 0.1) is 0 Å². The molecule has 0 aliphatic carbocycles. The van der Waals surface area contributed by atoms with Gasteiger partial charge in [-0.2, -0.15) is 5.06 Å². The van der Waals surface area contributed by atoms with Crippen molar-refractivity contribution in [3.63, 3.8) is 0 Å². The van der Waals surface area contributed by atoms with Crippen molar-refractivity contribution >= 4 is 23.2 Å². The normalized spacial score (nSPS) is 14.8. The van der Waals surface area contributed by atoms with Crippen molar-refractivity contribution in [1.29, 1.82) is 0 Å². The molecular weight excluding hydrogens is 442 g/mol. The molecule has 182 valence electrons. The standard InChI is InChI=1S/C28H31N3O4/c1-3-26(30-17-19-35-20-18-30)28(33)31(34-2)25-15-11-23(12-16-25)27(32)29-24-13-9-22(10-14-24)21-7-5-4-6-8-21/h4-16,26H,3,17-20H2,1-2H3,(H,29,32). The molecule has 1 saturated heterocycles. The van der Waals surface area contributed by atoms with Crippen molar-refractivity contribution in [2.75, 3.05) is 43.8 Å². The third-order valence-electron chi connectivity index (χ3n) is 6.15. The van der Waals surface area contributed by atoms with Crippen LogP contribution in [0.25, 0.3) is 11.1 Å². The molecule has 1 unspecified atom stereocenters. The minimum atomic E-state index is -0.291. The Morgan fingerprint density at radius 3 is 2.17 bits per heavy atom. The second-order valence-corrected chi connectivity index (χ2v) is 8.33. The topological polar surface area (TPSA) is 71.1 Å². The zero-order valence-electron chi connectivity index (χ0n) is 20.1. The van der Waals surface area contributed by atoms with E-state index in [2.05, 4.69) is 10.2 Å². The molecule has 1 aliphatic rings. The fourth-order valence-electron chi connectivity index (χ4n) is 4.26. The second-order valence-electron chi connectivity index (χ2n) is 8.33. The lowest BCUT2D eigenvalue weighted by Gasteiger charge is -2.35. The van der Waals surface area contributed by atoms with Gasteiger partial charge in [-0.05, 0) is 53.9 Å². The third kappa shape index (κ3) is 5.95. The zero-order chi connectivity index (χ0) is 24.6. The molecule has 2 amide bonds. The van der Waals surface area contributed by atoms with Crippen LogP contribution in [0.1, 0.15) is 23.7 Å². The van der Waals surface area contributed by atoms with Gasteiger partial charge in [-0.1, -0.05) is 49.4 Å². The van der Waals surface area contributed by atoms with Crippen molar-refractivity contribution < 1.29 is 19.2 Å². The lowest BCUT2D eigenvalue weighted by Crippen LogP contribution is -2.52. The summed E-state index contributed by atoms with van der Waals surface area (Å²) in [6.45, 7) is 4.66. The lowest BCUT2D eigenvalue weighted by atomic mass is 10.1. The first kappa shape index (κ1) is 24.6. The van der Waals surface area contributed by atoms with E-state index < -0.39 is 0 Å². The van der Waals surface area contributed by atoms with E-state index in [9.17, 15) is 9.59 Å². The van der Waals surface area contributed by atoms with E-state index in [-0.39, 0.29) is 17.9 Å². The highest BCUT2D eigenvalue weighted by molar-refractivity contribution is 6.05. The van der Waals surface area contributed by atoms with Crippen LogP contribution in [0.2, 0.25) is 0 Å². The van der Waals surface area contributed by atoms with Crippen molar-refractivity contribution in [3.8, 4) is 11.1 Å². The SMILES string of the molecule is CCC(C(=O)N(OC)c1ccc(C(=O)Nc2ccc(-c3ccccc3)cc2)cc1)N1CCOCC1. The molecule has 7 nitrogen and oxygen atoms in total. The van der Waals surface area contributed by atoms with Crippen LogP contribution in [-0.4, -0.2) is 56.2 Å². The number of nitrogens with zero attached hydrogens (tertiary/aromatic N) is 2. The maximum atomic E-state index is 13.2. The van der Waals surface area contributed by atoms with Crippen LogP contribution >= 0.6 is 0 Å². The van der Waals surface area contributed by atoms with E-state index >= 15 is 0 Å². The van der Waals surface area contributed by atoms with Crippen LogP contribution in [-0.2, 0) is 14.4 Å². The minimum Gasteiger partial charge on any atom is -0.379 e. The average molecular weight is 474 g/mol. The molecule has 0 radical (unpaired) electrons. The average Bonchev–Trinajstić information content (AvgIpc) is 2.91. The van der Waals surface area contributed by atoms with Gasteiger partial charge < -0.3 is 10.1 Å². The summed E-state index contributed by atoms with van der Waals surface area (Å²) in [5.41, 5.74) is 3.98. The molecule has 4 rings (SSSR count). The Morgan fingerprint density at radius 1 is 0.943 bits per heavy atom. The summed E-state index contributed by atoms with van der Waals surface area (Å²) in [5.74, 6) is -0.355. The highest BCUT2D eigenvalue weighted by atomic mass is 16.7. The molecule has 1 fully saturated rings. The van der Waals surface area contributed by atoms with Gasteiger partial charge in [0.15, 0.2) is 0 Å². The minimum absolute atomic E-state index is 0.132. The zero-order valence-corrected chi connectivity index (χ0v) is 20.1. The fraction of sp³-hybridized carbons (Fsp3) is 0.286. The number of carbonyl (C=O) groups excluding carboxylic acids is 2. The van der Waals surface area contributed by atoms with Gasteiger partial charge in [-0.15, -0.1) is 0 Å². The molecule has 3 aromatic rings. The molecule has 7 heteroatoms. The van der Waals surface area contributed by atoms with Gasteiger partial charge in [-0.25, -0.2) is 0 Å². The predicted octanol–water partition coefficient (Wildman–Crippen LogP) is 4.61. The van der Waals surface area contributed by atoms with Gasteiger partial charge in [0.2, 0.25) is 0 Å². The van der Waals surface area contributed by atoms with Crippen LogP contribution in [0.15, 0.2) is 78.9 Å². The maximum Gasteiger partial charge on any atom is 0.268 e. The Hall–Kier alpha value is -3.52. The van der Waals surface area contributed by atoms with E-state index in [4.69, 9.17) is 9.57 Å². The Labute approximate surface area is 206 Å². The van der Waals surface area contributed by atoms with E-state index in [1.165, 1.54) is 12.2 Å². The molecule has 1 N–H and O–H groups in total. The van der Waals surface area contributed by atoms with Gasteiger partial charge in [0.25, 0.3) is 11.8 Å². The number of rotatable bonds is 8. The molecular formula is C28H31N3O4. The Kier molecular flexibility index (Phi) is 8.26. The summed E-state index contributed by atoms with van der Waals surface area (Å²) in [6.07, 6.45) is 0.669. The van der Waals surface area contributed by atoms with Gasteiger partial charge in [0.1, 0.15) is 0 Å². The molecule has 0 spiro atoms. The highest BCUT2D eigenvalue weighted by Crippen LogP contribution is 2.23. The van der Waals surface area contributed by atoms with E-state index in [1.54, 1.807) is 24.3 Å². The van der Waals surface area contributed by atoms with E-state index in [0.29, 0.717) is 49.7 Å². The summed E-state index contributed by atoms with van der Waals surface area (Å²) in [6, 6.07) is 24.3. The number of carbonyl (C=O) groups is 2. The van der Waals surface area contributed by atoms with E-state index in [0.717, 1.165) is 11.1 Å². The predicted molar refractivity (Wildman–Crippen MR) is 137 cm³/mol. The Balaban J connectivity index is 1.41. The summed E-state index contributed by atoms with van der Waals surface area (Å²) in [4.78, 5) is 33.6. The van der Waals surface area contributed by atoms with Crippen LogP contribution < -0.4 is 10.4 Å². The quantitative estimate of drug-likeness (QED) is 0.484. The first-order valence-electron chi connectivity index (χ1n) is 11.9. The molecule has 1 aliphatic heterocycles. The van der Waals surface area contributed by atoms with Crippen LogP contribution in [0.4, 0.5) is 11.4 Å². The summed E-state index contributed by atoms with van der Waals surface area (Å²) >= 11 is 0. The number of benzene rings is 3. The monoisotopic (exact) mass is 473 g/mol. The molecule has 3 aromatic carbocycles. The van der Waals surface area contributed by atoms with Crippen LogP contribution in [0.3, 0.4) is 0 Å². The lowest BCUT2D eigenvalue weighted by molar-refractivity contribution is -0.132. The van der Waals surface area contributed by atoms with Crippen molar-refractivity contribution in [2.24, 2.45) is 0 Å². The number of hydrogen-bond donors (Lipinski definition) is 1. The summed E-state index contributed by atoms with van der Waals surface area (Å²) < 4.78 is 5.41. The van der Waals surface area contributed by atoms with Crippen LogP contribution in [0.5, 0.6) is 0 Å². The highest BCUT2D eigenvalue weighted by Gasteiger charge is 2.30. The number of hydrogen-bond acceptors (Lipinski definition) is 5. The molecule has 35 heavy (non-hydrogen) atoms. The van der Waals surface area contributed by atoms with Crippen molar-refractivity contribution in [1.82, 2.24) is 4.90 Å². The molecule has 0 saturated carbocycles. The fourth-order valence-corrected chi connectivity index (χ4v) is 4.26. The van der Waals surface area contributed by atoms with E-state index in [1.807, 2.05) is 61.5 Å². The van der Waals surface area contributed by atoms with Crippen molar-refractivity contribution in [3.05, 3.63) is 84.4 Å². The molecule has 1 heterocycles. The number of hydroxylamine groups is 1. The van der Waals surface area contributed by atoms with Gasteiger partial charge >= 0.3 is 0 Å². The number of ether oxygens (including phenoxy) is 1. The Morgan fingerprint density at radius 2 is 1.57 bits per heavy atom. The Bertz CT molecular complexity index is 1110. The number of nitrogens with one attached hydrogen (secondary N) is 1. The van der Waals surface area contributed by atoms with Crippen molar-refractivity contribution in [2.45, 2.75) is 19.4 Å². The largest absolute Gasteiger partial charge is 0.379 e. The second kappa shape index (κ2) is 11.8. The smallest absolute Gasteiger partial charge is 0.268 e. The third-order valence-corrected chi connectivity index (χ3v) is 6.15. The first-order valence-corrected chi connectivity index (χ1v) is 11.9. The molecule has 0 aromatic heterocycles. The summed E-state index contributed by atoms with van der Waals surface area (Å²) in [7, 11) is 1.48. The molecule has 1 atom stereocenters. The maximum absolute atomic E-state index is 13.2.